The van der Waals surface area contributed by atoms with Crippen LogP contribution in [0.5, 0.6) is 11.5 Å². The van der Waals surface area contributed by atoms with Crippen LogP contribution in [0.3, 0.4) is 0 Å². The number of hydrogen-bond acceptors (Lipinski definition) is 3. The average Bonchev–Trinajstić information content (AvgIpc) is 3.08. The highest BCUT2D eigenvalue weighted by Crippen LogP contribution is 2.53. The molecule has 20 heavy (non-hydrogen) atoms. The van der Waals surface area contributed by atoms with E-state index in [1.165, 1.54) is 19.3 Å². The van der Waals surface area contributed by atoms with E-state index in [-0.39, 0.29) is 0 Å². The number of hydrogen-bond donors (Lipinski definition) is 1. The summed E-state index contributed by atoms with van der Waals surface area (Å²) < 4.78 is 10.5. The van der Waals surface area contributed by atoms with Crippen molar-refractivity contribution in [2.75, 3.05) is 14.2 Å². The fourth-order valence-corrected chi connectivity index (χ4v) is 4.27. The van der Waals surface area contributed by atoms with Crippen LogP contribution in [0.4, 0.5) is 0 Å². The summed E-state index contributed by atoms with van der Waals surface area (Å²) in [4.78, 5) is 0. The van der Waals surface area contributed by atoms with E-state index in [2.05, 4.69) is 0 Å². The number of aliphatic hydroxyl groups is 1. The molecule has 2 aliphatic rings. The number of ether oxygens (including phenoxy) is 2. The minimum absolute atomic E-state index is 0.337. The molecule has 0 amide bonds. The highest BCUT2D eigenvalue weighted by molar-refractivity contribution is 6.31. The molecule has 1 aromatic carbocycles. The van der Waals surface area contributed by atoms with Gasteiger partial charge in [0.25, 0.3) is 0 Å². The zero-order valence-corrected chi connectivity index (χ0v) is 12.7. The van der Waals surface area contributed by atoms with Gasteiger partial charge >= 0.3 is 0 Å². The highest BCUT2D eigenvalue weighted by Gasteiger charge is 2.43. The summed E-state index contributed by atoms with van der Waals surface area (Å²) in [6.07, 6.45) is 4.46. The second-order valence-electron chi connectivity index (χ2n) is 6.01. The van der Waals surface area contributed by atoms with E-state index in [0.29, 0.717) is 28.4 Å². The molecule has 4 unspecified atom stereocenters. The molecule has 2 aliphatic carbocycles. The number of fused-ring (bicyclic) bond motifs is 2. The summed E-state index contributed by atoms with van der Waals surface area (Å²) in [7, 11) is 3.18. The van der Waals surface area contributed by atoms with Gasteiger partial charge in [-0.1, -0.05) is 18.0 Å². The van der Waals surface area contributed by atoms with Gasteiger partial charge < -0.3 is 14.6 Å². The molecular formula is C16H21ClO3. The SMILES string of the molecule is COc1cc(Cl)c(C(O)C2CC3CCC2C3)cc1OC. The molecule has 1 aromatic rings. The zero-order chi connectivity index (χ0) is 14.3. The Balaban J connectivity index is 1.89. The Labute approximate surface area is 124 Å². The third kappa shape index (κ3) is 2.27. The Morgan fingerprint density at radius 3 is 2.40 bits per heavy atom. The van der Waals surface area contributed by atoms with Gasteiger partial charge in [0.1, 0.15) is 0 Å². The molecule has 4 atom stereocenters. The Morgan fingerprint density at radius 1 is 1.15 bits per heavy atom. The van der Waals surface area contributed by atoms with Crippen LogP contribution in [0.25, 0.3) is 0 Å². The van der Waals surface area contributed by atoms with E-state index in [4.69, 9.17) is 21.1 Å². The molecule has 0 saturated heterocycles. The molecule has 1 N–H and O–H groups in total. The summed E-state index contributed by atoms with van der Waals surface area (Å²) in [5, 5.41) is 11.3. The van der Waals surface area contributed by atoms with Gasteiger partial charge in [-0.25, -0.2) is 0 Å². The lowest BCUT2D eigenvalue weighted by Gasteiger charge is -2.28. The van der Waals surface area contributed by atoms with Gasteiger partial charge in [0.15, 0.2) is 11.5 Å². The molecule has 2 bridgehead atoms. The lowest BCUT2D eigenvalue weighted by atomic mass is 9.82. The average molecular weight is 297 g/mol. The van der Waals surface area contributed by atoms with Gasteiger partial charge in [0.2, 0.25) is 0 Å². The van der Waals surface area contributed by atoms with E-state index in [0.717, 1.165) is 17.9 Å². The lowest BCUT2D eigenvalue weighted by Crippen LogP contribution is -2.19. The van der Waals surface area contributed by atoms with Crippen molar-refractivity contribution in [3.8, 4) is 11.5 Å². The molecular weight excluding hydrogens is 276 g/mol. The fraction of sp³-hybridized carbons (Fsp3) is 0.625. The van der Waals surface area contributed by atoms with Crippen LogP contribution in [0.1, 0.15) is 37.4 Å². The maximum absolute atomic E-state index is 10.7. The fourth-order valence-electron chi connectivity index (χ4n) is 4.01. The summed E-state index contributed by atoms with van der Waals surface area (Å²) in [5.41, 5.74) is 0.766. The maximum atomic E-state index is 10.7. The van der Waals surface area contributed by atoms with E-state index >= 15 is 0 Å². The van der Waals surface area contributed by atoms with Gasteiger partial charge in [-0.15, -0.1) is 0 Å². The summed E-state index contributed by atoms with van der Waals surface area (Å²) in [6.45, 7) is 0. The van der Waals surface area contributed by atoms with E-state index < -0.39 is 6.10 Å². The molecule has 0 aliphatic heterocycles. The van der Waals surface area contributed by atoms with Crippen LogP contribution < -0.4 is 9.47 Å². The van der Waals surface area contributed by atoms with Gasteiger partial charge in [-0.05, 0) is 43.1 Å². The number of rotatable bonds is 4. The van der Waals surface area contributed by atoms with Crippen molar-refractivity contribution in [2.24, 2.45) is 17.8 Å². The Hall–Kier alpha value is -0.930. The molecule has 2 fully saturated rings. The van der Waals surface area contributed by atoms with Crippen LogP contribution in [-0.4, -0.2) is 19.3 Å². The molecule has 4 heteroatoms. The van der Waals surface area contributed by atoms with Crippen molar-refractivity contribution < 1.29 is 14.6 Å². The normalized spacial score (nSPS) is 29.5. The van der Waals surface area contributed by atoms with Crippen molar-refractivity contribution in [3.63, 3.8) is 0 Å². The first-order valence-electron chi connectivity index (χ1n) is 7.23. The van der Waals surface area contributed by atoms with Crippen LogP contribution in [0, 0.1) is 17.8 Å². The summed E-state index contributed by atoms with van der Waals surface area (Å²) in [6, 6.07) is 3.55. The first-order valence-corrected chi connectivity index (χ1v) is 7.61. The van der Waals surface area contributed by atoms with E-state index in [1.54, 1.807) is 20.3 Å². The highest BCUT2D eigenvalue weighted by atomic mass is 35.5. The van der Waals surface area contributed by atoms with Gasteiger partial charge in [-0.2, -0.15) is 0 Å². The minimum atomic E-state index is -0.502. The standard InChI is InChI=1S/C16H21ClO3/c1-19-14-7-12(13(17)8-15(14)20-2)16(18)11-6-9-3-4-10(11)5-9/h7-11,16,18H,3-6H2,1-2H3. The second kappa shape index (κ2) is 5.45. The van der Waals surface area contributed by atoms with Crippen LogP contribution in [0.2, 0.25) is 5.02 Å². The number of benzene rings is 1. The van der Waals surface area contributed by atoms with Crippen molar-refractivity contribution >= 4 is 11.6 Å². The molecule has 0 radical (unpaired) electrons. The Kier molecular flexibility index (Phi) is 3.83. The van der Waals surface area contributed by atoms with Crippen LogP contribution in [-0.2, 0) is 0 Å². The monoisotopic (exact) mass is 296 g/mol. The van der Waals surface area contributed by atoms with Crippen molar-refractivity contribution in [2.45, 2.75) is 31.8 Å². The first kappa shape index (κ1) is 14.0. The topological polar surface area (TPSA) is 38.7 Å². The molecule has 2 saturated carbocycles. The molecule has 0 spiro atoms. The molecule has 0 aromatic heterocycles. The Bertz CT molecular complexity index is 503. The van der Waals surface area contributed by atoms with E-state index in [1.807, 2.05) is 6.07 Å². The molecule has 110 valence electrons. The zero-order valence-electron chi connectivity index (χ0n) is 11.9. The largest absolute Gasteiger partial charge is 0.493 e. The minimum Gasteiger partial charge on any atom is -0.493 e. The van der Waals surface area contributed by atoms with E-state index in [9.17, 15) is 5.11 Å². The molecule has 3 nitrogen and oxygen atoms in total. The smallest absolute Gasteiger partial charge is 0.162 e. The number of aliphatic hydroxyl groups excluding tert-OH is 1. The summed E-state index contributed by atoms with van der Waals surface area (Å²) >= 11 is 6.32. The van der Waals surface area contributed by atoms with Gasteiger partial charge in [0.05, 0.1) is 25.3 Å². The molecule has 0 heterocycles. The second-order valence-corrected chi connectivity index (χ2v) is 6.42. The quantitative estimate of drug-likeness (QED) is 0.918. The first-order chi connectivity index (χ1) is 9.63. The van der Waals surface area contributed by atoms with Gasteiger partial charge in [0, 0.05) is 11.6 Å². The predicted octanol–water partition coefficient (Wildman–Crippen LogP) is 3.83. The maximum Gasteiger partial charge on any atom is 0.162 e. The van der Waals surface area contributed by atoms with Crippen LogP contribution >= 0.6 is 11.6 Å². The van der Waals surface area contributed by atoms with Crippen LogP contribution in [0.15, 0.2) is 12.1 Å². The number of halogens is 1. The van der Waals surface area contributed by atoms with Crippen molar-refractivity contribution in [3.05, 3.63) is 22.7 Å². The summed E-state index contributed by atoms with van der Waals surface area (Å²) in [5.74, 6) is 3.01. The molecule has 3 rings (SSSR count). The van der Waals surface area contributed by atoms with Crippen molar-refractivity contribution in [1.82, 2.24) is 0 Å². The predicted molar refractivity (Wildman–Crippen MR) is 78.5 cm³/mol. The van der Waals surface area contributed by atoms with Crippen molar-refractivity contribution in [1.29, 1.82) is 0 Å². The number of methoxy groups -OCH3 is 2. The third-order valence-corrected chi connectivity index (χ3v) is 5.35. The Morgan fingerprint density at radius 2 is 1.85 bits per heavy atom. The van der Waals surface area contributed by atoms with Gasteiger partial charge in [-0.3, -0.25) is 0 Å². The third-order valence-electron chi connectivity index (χ3n) is 5.02. The lowest BCUT2D eigenvalue weighted by molar-refractivity contribution is 0.0743.